The Morgan fingerprint density at radius 1 is 1.28 bits per heavy atom. The van der Waals surface area contributed by atoms with Gasteiger partial charge in [-0.3, -0.25) is 0 Å². The second kappa shape index (κ2) is 8.45. The summed E-state index contributed by atoms with van der Waals surface area (Å²) in [5, 5.41) is 4.20. The molecule has 0 amide bonds. The topological polar surface area (TPSA) is 60.6 Å². The lowest BCUT2D eigenvalue weighted by molar-refractivity contribution is 0.0000982. The zero-order valence-electron chi connectivity index (χ0n) is 15.3. The number of ether oxygens (including phenoxy) is 2. The van der Waals surface area contributed by atoms with Crippen LogP contribution in [0, 0.1) is 0 Å². The number of benzene rings is 1. The molecule has 0 unspecified atom stereocenters. The molecule has 25 heavy (non-hydrogen) atoms. The van der Waals surface area contributed by atoms with E-state index in [4.69, 9.17) is 14.0 Å². The highest BCUT2D eigenvalue weighted by molar-refractivity contribution is 5.63. The number of hydrogen-bond acceptors (Lipinski definition) is 6. The first kappa shape index (κ1) is 17.9. The van der Waals surface area contributed by atoms with Gasteiger partial charge in [0.2, 0.25) is 11.7 Å². The van der Waals surface area contributed by atoms with E-state index in [2.05, 4.69) is 22.0 Å². The molecule has 3 rings (SSSR count). The maximum Gasteiger partial charge on any atom is 0.230 e. The van der Waals surface area contributed by atoms with Gasteiger partial charge in [-0.25, -0.2) is 0 Å². The van der Waals surface area contributed by atoms with E-state index < -0.39 is 0 Å². The van der Waals surface area contributed by atoms with Crippen molar-refractivity contribution in [2.24, 2.45) is 0 Å². The van der Waals surface area contributed by atoms with Crippen molar-refractivity contribution in [2.75, 3.05) is 33.9 Å². The second-order valence-electron chi connectivity index (χ2n) is 6.73. The molecular weight excluding hydrogens is 318 g/mol. The Morgan fingerprint density at radius 3 is 2.92 bits per heavy atom. The average Bonchev–Trinajstić information content (AvgIpc) is 3.12. The Balaban J connectivity index is 1.73. The first-order valence-corrected chi connectivity index (χ1v) is 8.99. The Morgan fingerprint density at radius 2 is 2.12 bits per heavy atom. The zero-order valence-corrected chi connectivity index (χ0v) is 15.3. The van der Waals surface area contributed by atoms with Crippen molar-refractivity contribution in [1.29, 1.82) is 0 Å². The molecule has 1 aliphatic rings. The second-order valence-corrected chi connectivity index (χ2v) is 6.73. The van der Waals surface area contributed by atoms with Gasteiger partial charge in [-0.05, 0) is 45.5 Å². The Bertz CT molecular complexity index is 671. The first-order chi connectivity index (χ1) is 12.2. The fourth-order valence-corrected chi connectivity index (χ4v) is 3.01. The van der Waals surface area contributed by atoms with Gasteiger partial charge >= 0.3 is 0 Å². The van der Waals surface area contributed by atoms with Crippen molar-refractivity contribution >= 4 is 0 Å². The third-order valence-corrected chi connectivity index (χ3v) is 4.54. The van der Waals surface area contributed by atoms with Gasteiger partial charge in [0.1, 0.15) is 12.4 Å². The summed E-state index contributed by atoms with van der Waals surface area (Å²) in [5.41, 5.74) is 0.871. The molecule has 2 heterocycles. The molecule has 0 bridgehead atoms. The molecule has 0 spiro atoms. The van der Waals surface area contributed by atoms with E-state index >= 15 is 0 Å². The molecule has 1 aliphatic heterocycles. The lowest BCUT2D eigenvalue weighted by Crippen LogP contribution is -2.24. The average molecular weight is 345 g/mol. The van der Waals surface area contributed by atoms with E-state index in [1.807, 2.05) is 38.4 Å². The van der Waals surface area contributed by atoms with Crippen LogP contribution in [0.25, 0.3) is 11.4 Å². The van der Waals surface area contributed by atoms with Crippen molar-refractivity contribution < 1.29 is 14.0 Å². The van der Waals surface area contributed by atoms with Crippen LogP contribution in [0.1, 0.15) is 38.0 Å². The third-order valence-electron chi connectivity index (χ3n) is 4.54. The van der Waals surface area contributed by atoms with E-state index in [9.17, 15) is 0 Å². The predicted molar refractivity (Wildman–Crippen MR) is 95.8 cm³/mol. The van der Waals surface area contributed by atoms with Crippen molar-refractivity contribution in [1.82, 2.24) is 15.0 Å². The number of nitrogens with zero attached hydrogens (tertiary/aromatic N) is 3. The smallest absolute Gasteiger partial charge is 0.230 e. The molecule has 1 aromatic heterocycles. The maximum absolute atomic E-state index is 5.91. The Kier molecular flexibility index (Phi) is 6.04. The molecule has 0 radical (unpaired) electrons. The molecule has 0 N–H and O–H groups in total. The minimum atomic E-state index is 0.279. The van der Waals surface area contributed by atoms with Crippen LogP contribution in [0.3, 0.4) is 0 Å². The molecule has 1 aromatic carbocycles. The summed E-state index contributed by atoms with van der Waals surface area (Å²) in [6, 6.07) is 7.84. The van der Waals surface area contributed by atoms with Crippen LogP contribution in [0.15, 0.2) is 28.8 Å². The summed E-state index contributed by atoms with van der Waals surface area (Å²) in [6.45, 7) is 4.37. The van der Waals surface area contributed by atoms with Crippen LogP contribution in [-0.2, 0) is 4.74 Å². The summed E-state index contributed by atoms with van der Waals surface area (Å²) >= 11 is 0. The molecule has 2 atom stereocenters. The SMILES string of the molecule is CC[C@@H]1C[C@H](c2nc(-c3ccccc3OCCN(C)C)no2)CCO1. The van der Waals surface area contributed by atoms with Crippen LogP contribution >= 0.6 is 0 Å². The molecule has 1 fully saturated rings. The quantitative estimate of drug-likeness (QED) is 0.767. The minimum absolute atomic E-state index is 0.279. The van der Waals surface area contributed by atoms with Gasteiger partial charge in [0.15, 0.2) is 0 Å². The van der Waals surface area contributed by atoms with Crippen LogP contribution in [0.5, 0.6) is 5.75 Å². The van der Waals surface area contributed by atoms with E-state index in [-0.39, 0.29) is 12.0 Å². The fourth-order valence-electron chi connectivity index (χ4n) is 3.01. The van der Waals surface area contributed by atoms with Gasteiger partial charge < -0.3 is 18.9 Å². The van der Waals surface area contributed by atoms with Gasteiger partial charge in [0.25, 0.3) is 0 Å². The lowest BCUT2D eigenvalue weighted by atomic mass is 9.94. The molecule has 6 nitrogen and oxygen atoms in total. The van der Waals surface area contributed by atoms with Crippen LogP contribution in [0.2, 0.25) is 0 Å². The van der Waals surface area contributed by atoms with Crippen molar-refractivity contribution in [3.05, 3.63) is 30.2 Å². The number of hydrogen-bond donors (Lipinski definition) is 0. The summed E-state index contributed by atoms with van der Waals surface area (Å²) in [5.74, 6) is 2.37. The number of likely N-dealkylation sites (N-methyl/N-ethyl adjacent to an activating group) is 1. The first-order valence-electron chi connectivity index (χ1n) is 8.99. The van der Waals surface area contributed by atoms with Crippen LogP contribution in [0.4, 0.5) is 0 Å². The minimum Gasteiger partial charge on any atom is -0.491 e. The summed E-state index contributed by atoms with van der Waals surface area (Å²) in [4.78, 5) is 6.74. The zero-order chi connectivity index (χ0) is 17.6. The monoisotopic (exact) mass is 345 g/mol. The highest BCUT2D eigenvalue weighted by atomic mass is 16.5. The van der Waals surface area contributed by atoms with E-state index in [0.717, 1.165) is 43.7 Å². The Hall–Kier alpha value is -1.92. The molecule has 136 valence electrons. The van der Waals surface area contributed by atoms with Gasteiger partial charge in [-0.15, -0.1) is 0 Å². The van der Waals surface area contributed by atoms with E-state index in [1.165, 1.54) is 0 Å². The van der Waals surface area contributed by atoms with Crippen molar-refractivity contribution in [3.63, 3.8) is 0 Å². The molecule has 2 aromatic rings. The van der Waals surface area contributed by atoms with E-state index in [1.54, 1.807) is 0 Å². The molecular formula is C19H27N3O3. The highest BCUT2D eigenvalue weighted by Gasteiger charge is 2.27. The molecule has 0 saturated carbocycles. The van der Waals surface area contributed by atoms with Crippen molar-refractivity contribution in [3.8, 4) is 17.1 Å². The Labute approximate surface area is 149 Å². The molecule has 6 heteroatoms. The van der Waals surface area contributed by atoms with Gasteiger partial charge in [0, 0.05) is 19.1 Å². The predicted octanol–water partition coefficient (Wildman–Crippen LogP) is 3.35. The standard InChI is InChI=1S/C19H27N3O3/c1-4-15-13-14(9-11-23-15)19-20-18(21-25-19)16-7-5-6-8-17(16)24-12-10-22(2)3/h5-8,14-15H,4,9-13H2,1-3H3/t14-,15-/m1/s1. The number of rotatable bonds is 7. The highest BCUT2D eigenvalue weighted by Crippen LogP contribution is 2.33. The third kappa shape index (κ3) is 4.58. The summed E-state index contributed by atoms with van der Waals surface area (Å²) < 4.78 is 17.2. The number of aromatic nitrogens is 2. The van der Waals surface area contributed by atoms with Crippen molar-refractivity contribution in [2.45, 2.75) is 38.2 Å². The lowest BCUT2D eigenvalue weighted by Gasteiger charge is -2.26. The summed E-state index contributed by atoms with van der Waals surface area (Å²) in [6.07, 6.45) is 3.17. The maximum atomic E-state index is 5.91. The van der Waals surface area contributed by atoms with Crippen LogP contribution < -0.4 is 4.74 Å². The normalized spacial score (nSPS) is 20.8. The van der Waals surface area contributed by atoms with Crippen LogP contribution in [-0.4, -0.2) is 55.0 Å². The summed E-state index contributed by atoms with van der Waals surface area (Å²) in [7, 11) is 4.05. The van der Waals surface area contributed by atoms with E-state index in [0.29, 0.717) is 18.3 Å². The van der Waals surface area contributed by atoms with Gasteiger partial charge in [-0.2, -0.15) is 4.98 Å². The van der Waals surface area contributed by atoms with Gasteiger partial charge in [-0.1, -0.05) is 24.2 Å². The largest absolute Gasteiger partial charge is 0.491 e. The molecule has 1 saturated heterocycles. The van der Waals surface area contributed by atoms with Gasteiger partial charge in [0.05, 0.1) is 11.7 Å². The number of para-hydroxylation sites is 1. The fraction of sp³-hybridized carbons (Fsp3) is 0.579. The molecule has 0 aliphatic carbocycles.